The Labute approximate surface area is 143 Å². The van der Waals surface area contributed by atoms with Crippen molar-refractivity contribution < 1.29 is 22.3 Å². The highest BCUT2D eigenvalue weighted by Crippen LogP contribution is 2.31. The average Bonchev–Trinajstić information content (AvgIpc) is 2.83. The molecular weight excluding hydrogens is 357 g/mol. The molecule has 25 heavy (non-hydrogen) atoms. The number of rotatable bonds is 3. The summed E-state index contributed by atoms with van der Waals surface area (Å²) < 4.78 is 58.6. The van der Waals surface area contributed by atoms with E-state index < -0.39 is 18.0 Å². The molecule has 0 spiro atoms. The van der Waals surface area contributed by atoms with Gasteiger partial charge >= 0.3 is 6.18 Å². The van der Waals surface area contributed by atoms with Gasteiger partial charge in [-0.05, 0) is 37.6 Å². The first kappa shape index (κ1) is 17.6. The number of aromatic nitrogens is 3. The van der Waals surface area contributed by atoms with Crippen molar-refractivity contribution in [3.05, 3.63) is 47.4 Å². The van der Waals surface area contributed by atoms with Crippen LogP contribution in [0.3, 0.4) is 0 Å². The molecule has 4 nitrogen and oxygen atoms in total. The fraction of sp³-hybridized carbons (Fsp3) is 0.250. The molecule has 0 saturated heterocycles. The second kappa shape index (κ2) is 6.26. The normalized spacial score (nSPS) is 13.2. The van der Waals surface area contributed by atoms with Crippen molar-refractivity contribution in [2.24, 2.45) is 0 Å². The van der Waals surface area contributed by atoms with Crippen molar-refractivity contribution in [1.82, 2.24) is 14.5 Å². The van der Waals surface area contributed by atoms with Crippen LogP contribution in [-0.2, 0) is 6.18 Å². The molecule has 0 saturated carbocycles. The van der Waals surface area contributed by atoms with Crippen molar-refractivity contribution >= 4 is 20.4 Å². The van der Waals surface area contributed by atoms with Crippen LogP contribution >= 0.6 is 9.24 Å². The number of hydrogen-bond donors (Lipinski definition) is 0. The SMILES string of the molecule is Cc1ccc(-n2c(C)nc3ccc(C(F)(F)F)nc32)cc1OC(F)P. The van der Waals surface area contributed by atoms with Crippen LogP contribution in [0.5, 0.6) is 5.75 Å². The largest absolute Gasteiger partial charge is 0.457 e. The Morgan fingerprint density at radius 1 is 1.12 bits per heavy atom. The van der Waals surface area contributed by atoms with Gasteiger partial charge in [0.1, 0.15) is 22.8 Å². The lowest BCUT2D eigenvalue weighted by Crippen LogP contribution is -2.09. The minimum atomic E-state index is -4.56. The third-order valence-electron chi connectivity index (χ3n) is 3.63. The molecule has 0 bridgehead atoms. The molecule has 2 heterocycles. The molecule has 0 radical (unpaired) electrons. The van der Waals surface area contributed by atoms with E-state index in [4.69, 9.17) is 4.74 Å². The summed E-state index contributed by atoms with van der Waals surface area (Å²) in [6.45, 7) is 3.40. The van der Waals surface area contributed by atoms with Crippen molar-refractivity contribution in [3.63, 3.8) is 0 Å². The number of hydrogen-bond acceptors (Lipinski definition) is 3. The van der Waals surface area contributed by atoms with Crippen LogP contribution in [0.2, 0.25) is 0 Å². The van der Waals surface area contributed by atoms with Crippen LogP contribution in [0.1, 0.15) is 17.1 Å². The van der Waals surface area contributed by atoms with E-state index in [-0.39, 0.29) is 11.4 Å². The first-order valence-corrected chi connectivity index (χ1v) is 7.94. The quantitative estimate of drug-likeness (QED) is 0.500. The molecule has 3 rings (SSSR count). The highest BCUT2D eigenvalue weighted by Gasteiger charge is 2.33. The number of ether oxygens (including phenoxy) is 1. The van der Waals surface area contributed by atoms with E-state index in [0.717, 1.165) is 6.07 Å². The van der Waals surface area contributed by atoms with Gasteiger partial charge in [0.15, 0.2) is 5.65 Å². The summed E-state index contributed by atoms with van der Waals surface area (Å²) in [5, 5.41) is 0. The summed E-state index contributed by atoms with van der Waals surface area (Å²) in [7, 11) is 1.88. The van der Waals surface area contributed by atoms with E-state index in [9.17, 15) is 17.6 Å². The van der Waals surface area contributed by atoms with E-state index in [1.165, 1.54) is 10.6 Å². The Morgan fingerprint density at radius 3 is 2.48 bits per heavy atom. The van der Waals surface area contributed by atoms with E-state index >= 15 is 0 Å². The van der Waals surface area contributed by atoms with E-state index in [2.05, 4.69) is 9.97 Å². The van der Waals surface area contributed by atoms with Gasteiger partial charge in [0.05, 0.1) is 5.69 Å². The lowest BCUT2D eigenvalue weighted by atomic mass is 10.2. The molecule has 1 aromatic carbocycles. The second-order valence-corrected chi connectivity index (χ2v) is 5.97. The molecule has 2 aromatic heterocycles. The Balaban J connectivity index is 2.19. The van der Waals surface area contributed by atoms with Gasteiger partial charge < -0.3 is 4.74 Å². The van der Waals surface area contributed by atoms with E-state index in [1.54, 1.807) is 32.0 Å². The van der Waals surface area contributed by atoms with Gasteiger partial charge in [-0.2, -0.15) is 17.6 Å². The van der Waals surface area contributed by atoms with Gasteiger partial charge in [-0.1, -0.05) is 15.3 Å². The number of fused-ring (bicyclic) bond motifs is 1. The van der Waals surface area contributed by atoms with Crippen LogP contribution in [0.15, 0.2) is 30.3 Å². The third kappa shape index (κ3) is 3.44. The first-order chi connectivity index (χ1) is 11.7. The van der Waals surface area contributed by atoms with Crippen molar-refractivity contribution in [3.8, 4) is 11.4 Å². The highest BCUT2D eigenvalue weighted by molar-refractivity contribution is 7.16. The number of benzene rings is 1. The van der Waals surface area contributed by atoms with E-state index in [0.29, 0.717) is 22.6 Å². The Kier molecular flexibility index (Phi) is 4.41. The predicted molar refractivity (Wildman–Crippen MR) is 88.6 cm³/mol. The fourth-order valence-electron chi connectivity index (χ4n) is 2.51. The van der Waals surface area contributed by atoms with Crippen LogP contribution in [-0.4, -0.2) is 20.6 Å². The zero-order chi connectivity index (χ0) is 18.4. The molecule has 0 aliphatic carbocycles. The maximum atomic E-state index is 13.1. The van der Waals surface area contributed by atoms with Gasteiger partial charge in [-0.3, -0.25) is 4.57 Å². The van der Waals surface area contributed by atoms with Crippen LogP contribution in [0, 0.1) is 13.8 Å². The minimum absolute atomic E-state index is 0.0739. The summed E-state index contributed by atoms with van der Waals surface area (Å²) >= 11 is 0. The molecular formula is C16H14F4N3OP. The van der Waals surface area contributed by atoms with Gasteiger partial charge in [0, 0.05) is 6.07 Å². The summed E-state index contributed by atoms with van der Waals surface area (Å²) in [4.78, 5) is 7.95. The fourth-order valence-corrected chi connectivity index (χ4v) is 2.66. The number of nitrogens with zero attached hydrogens (tertiary/aromatic N) is 3. The molecule has 0 N–H and O–H groups in total. The average molecular weight is 371 g/mol. The molecule has 0 aliphatic heterocycles. The lowest BCUT2D eigenvalue weighted by Gasteiger charge is -2.13. The monoisotopic (exact) mass is 371 g/mol. The highest BCUT2D eigenvalue weighted by atomic mass is 31.0. The first-order valence-electron chi connectivity index (χ1n) is 7.27. The minimum Gasteiger partial charge on any atom is -0.457 e. The summed E-state index contributed by atoms with van der Waals surface area (Å²) in [5.41, 5.74) is 0.587. The third-order valence-corrected chi connectivity index (χ3v) is 3.77. The smallest absolute Gasteiger partial charge is 0.433 e. The Hall–Kier alpha value is -2.21. The summed E-state index contributed by atoms with van der Waals surface area (Å²) in [5.74, 6) is 0.743. The summed E-state index contributed by atoms with van der Waals surface area (Å²) in [6.07, 6.45) is -6.15. The molecule has 9 heteroatoms. The van der Waals surface area contributed by atoms with Crippen LogP contribution in [0.4, 0.5) is 17.6 Å². The molecule has 3 aromatic rings. The zero-order valence-electron chi connectivity index (χ0n) is 13.3. The summed E-state index contributed by atoms with van der Waals surface area (Å²) in [6, 6.07) is 7.10. The number of imidazole rings is 1. The van der Waals surface area contributed by atoms with Crippen molar-refractivity contribution in [1.29, 1.82) is 0 Å². The van der Waals surface area contributed by atoms with Crippen LogP contribution in [0.25, 0.3) is 16.9 Å². The van der Waals surface area contributed by atoms with Gasteiger partial charge in [-0.15, -0.1) is 0 Å². The van der Waals surface area contributed by atoms with Gasteiger partial charge in [0.25, 0.3) is 0 Å². The van der Waals surface area contributed by atoms with E-state index in [1.807, 2.05) is 9.24 Å². The number of aryl methyl sites for hydroxylation is 2. The van der Waals surface area contributed by atoms with Gasteiger partial charge in [0.2, 0.25) is 6.10 Å². The van der Waals surface area contributed by atoms with Crippen molar-refractivity contribution in [2.45, 2.75) is 26.1 Å². The standard InChI is InChI=1S/C16H14F4N3OP/c1-8-3-4-10(7-12(8)24-15(17)25)23-9(2)21-11-5-6-13(16(18,19)20)22-14(11)23/h3-7,15H,25H2,1-2H3. The zero-order valence-corrected chi connectivity index (χ0v) is 14.5. The molecule has 2 unspecified atom stereocenters. The molecule has 2 atom stereocenters. The maximum absolute atomic E-state index is 13.1. The number of halogens is 4. The molecule has 0 fully saturated rings. The second-order valence-electron chi connectivity index (χ2n) is 5.45. The number of pyridine rings is 1. The topological polar surface area (TPSA) is 39.9 Å². The maximum Gasteiger partial charge on any atom is 0.433 e. The molecule has 0 aliphatic rings. The molecule has 132 valence electrons. The predicted octanol–water partition coefficient (Wildman–Crippen LogP) is 4.56. The Morgan fingerprint density at radius 2 is 1.84 bits per heavy atom. The molecule has 0 amide bonds. The van der Waals surface area contributed by atoms with Gasteiger partial charge in [-0.25, -0.2) is 9.97 Å². The lowest BCUT2D eigenvalue weighted by molar-refractivity contribution is -0.141. The Bertz CT molecular complexity index is 937. The van der Waals surface area contributed by atoms with Crippen LogP contribution < -0.4 is 4.74 Å². The van der Waals surface area contributed by atoms with Crippen molar-refractivity contribution in [2.75, 3.05) is 0 Å². The number of alkyl halides is 4.